The number of hydrogen-bond donors (Lipinski definition) is 2. The molecule has 2 aliphatic carbocycles. The Morgan fingerprint density at radius 3 is 2.77 bits per heavy atom. The van der Waals surface area contributed by atoms with Crippen molar-refractivity contribution in [1.29, 1.82) is 0 Å². The SMILES string of the molecule is CC12CC1[C@@H](N)C[C@@H](c1ccncc1NC(=O)c1csc(-c3c(F)cccc3F)n1)C2. The average molecular weight is 441 g/mol. The molecule has 2 aromatic heterocycles. The molecule has 2 fully saturated rings. The lowest BCUT2D eigenvalue weighted by Crippen LogP contribution is -2.33. The first kappa shape index (κ1) is 20.2. The highest BCUT2D eigenvalue weighted by Gasteiger charge is 2.57. The Morgan fingerprint density at radius 2 is 2.03 bits per heavy atom. The number of amides is 1. The second-order valence-electron chi connectivity index (χ2n) is 8.82. The first-order chi connectivity index (χ1) is 14.9. The third-order valence-electron chi connectivity index (χ3n) is 6.66. The lowest BCUT2D eigenvalue weighted by molar-refractivity contribution is 0.102. The van der Waals surface area contributed by atoms with Gasteiger partial charge in [0.05, 0.1) is 17.4 Å². The zero-order chi connectivity index (χ0) is 21.8. The fourth-order valence-electron chi connectivity index (χ4n) is 4.97. The summed E-state index contributed by atoms with van der Waals surface area (Å²) in [5, 5.41) is 4.51. The van der Waals surface area contributed by atoms with Gasteiger partial charge in [0.1, 0.15) is 22.3 Å². The number of halogens is 2. The van der Waals surface area contributed by atoms with E-state index in [0.29, 0.717) is 11.6 Å². The Kier molecular flexibility index (Phi) is 4.86. The van der Waals surface area contributed by atoms with Crippen LogP contribution < -0.4 is 11.1 Å². The highest BCUT2D eigenvalue weighted by Crippen LogP contribution is 2.63. The fourth-order valence-corrected chi connectivity index (χ4v) is 5.82. The summed E-state index contributed by atoms with van der Waals surface area (Å²) in [5.41, 5.74) is 8.18. The summed E-state index contributed by atoms with van der Waals surface area (Å²) in [6.07, 6.45) is 6.42. The largest absolute Gasteiger partial charge is 0.327 e. The number of fused-ring (bicyclic) bond motifs is 1. The molecule has 160 valence electrons. The van der Waals surface area contributed by atoms with E-state index in [1.165, 1.54) is 23.6 Å². The quantitative estimate of drug-likeness (QED) is 0.600. The van der Waals surface area contributed by atoms with Crippen molar-refractivity contribution >= 4 is 22.9 Å². The number of nitrogens with zero attached hydrogens (tertiary/aromatic N) is 2. The second kappa shape index (κ2) is 7.46. The van der Waals surface area contributed by atoms with E-state index in [1.807, 2.05) is 6.07 Å². The van der Waals surface area contributed by atoms with Crippen molar-refractivity contribution in [2.45, 2.75) is 38.1 Å². The molecule has 2 heterocycles. The van der Waals surface area contributed by atoms with Crippen molar-refractivity contribution in [3.05, 3.63) is 64.9 Å². The summed E-state index contributed by atoms with van der Waals surface area (Å²) in [6, 6.07) is 5.72. The Hall–Kier alpha value is -2.71. The molecule has 0 bridgehead atoms. The first-order valence-electron chi connectivity index (χ1n) is 10.3. The summed E-state index contributed by atoms with van der Waals surface area (Å²) < 4.78 is 28.1. The maximum absolute atomic E-state index is 14.1. The number of anilines is 1. The Labute approximate surface area is 182 Å². The number of aromatic nitrogens is 2. The molecular weight excluding hydrogens is 418 g/mol. The minimum Gasteiger partial charge on any atom is -0.327 e. The molecule has 3 aromatic rings. The van der Waals surface area contributed by atoms with Crippen molar-refractivity contribution < 1.29 is 13.6 Å². The van der Waals surface area contributed by atoms with Crippen LogP contribution in [0.15, 0.2) is 42.0 Å². The maximum atomic E-state index is 14.1. The fraction of sp³-hybridized carbons (Fsp3) is 0.348. The predicted molar refractivity (Wildman–Crippen MR) is 116 cm³/mol. The second-order valence-corrected chi connectivity index (χ2v) is 9.67. The van der Waals surface area contributed by atoms with Gasteiger partial charge in [0.2, 0.25) is 0 Å². The summed E-state index contributed by atoms with van der Waals surface area (Å²) in [7, 11) is 0. The molecular formula is C23H22F2N4OS. The monoisotopic (exact) mass is 440 g/mol. The molecule has 3 N–H and O–H groups in total. The number of nitrogens with one attached hydrogen (secondary N) is 1. The topological polar surface area (TPSA) is 80.9 Å². The van der Waals surface area contributed by atoms with Crippen LogP contribution in [0.25, 0.3) is 10.6 Å². The van der Waals surface area contributed by atoms with Crippen LogP contribution in [0.1, 0.15) is 48.2 Å². The third-order valence-corrected chi connectivity index (χ3v) is 7.52. The van der Waals surface area contributed by atoms with E-state index in [-0.39, 0.29) is 33.6 Å². The van der Waals surface area contributed by atoms with Gasteiger partial charge in [0.15, 0.2) is 0 Å². The Bertz CT molecular complexity index is 1150. The minimum atomic E-state index is -0.712. The van der Waals surface area contributed by atoms with Gasteiger partial charge in [0, 0.05) is 17.6 Å². The van der Waals surface area contributed by atoms with Gasteiger partial charge in [-0.1, -0.05) is 13.0 Å². The van der Waals surface area contributed by atoms with Gasteiger partial charge in [-0.25, -0.2) is 13.8 Å². The van der Waals surface area contributed by atoms with Gasteiger partial charge in [-0.3, -0.25) is 9.78 Å². The maximum Gasteiger partial charge on any atom is 0.275 e. The van der Waals surface area contributed by atoms with Crippen LogP contribution in [0.3, 0.4) is 0 Å². The highest BCUT2D eigenvalue weighted by molar-refractivity contribution is 7.13. The van der Waals surface area contributed by atoms with Crippen molar-refractivity contribution in [2.75, 3.05) is 5.32 Å². The number of benzene rings is 1. The third kappa shape index (κ3) is 3.64. The van der Waals surface area contributed by atoms with Gasteiger partial charge < -0.3 is 11.1 Å². The molecule has 8 heteroatoms. The molecule has 2 aliphatic rings. The number of carbonyl (C=O) groups excluding carboxylic acids is 1. The summed E-state index contributed by atoms with van der Waals surface area (Å²) in [5.74, 6) is -1.02. The lowest BCUT2D eigenvalue weighted by Gasteiger charge is -2.32. The Balaban J connectivity index is 1.38. The first-order valence-corrected chi connectivity index (χ1v) is 11.1. The molecule has 5 rings (SSSR count). The van der Waals surface area contributed by atoms with Gasteiger partial charge >= 0.3 is 0 Å². The zero-order valence-corrected chi connectivity index (χ0v) is 17.8. The van der Waals surface area contributed by atoms with E-state index in [4.69, 9.17) is 5.73 Å². The summed E-state index contributed by atoms with van der Waals surface area (Å²) in [4.78, 5) is 21.2. The zero-order valence-electron chi connectivity index (χ0n) is 16.9. The van der Waals surface area contributed by atoms with Crippen molar-refractivity contribution in [2.24, 2.45) is 17.1 Å². The van der Waals surface area contributed by atoms with Gasteiger partial charge in [-0.2, -0.15) is 0 Å². The molecule has 0 saturated heterocycles. The van der Waals surface area contributed by atoms with Crippen molar-refractivity contribution in [3.8, 4) is 10.6 Å². The number of thiazole rings is 1. The lowest BCUT2D eigenvalue weighted by atomic mass is 9.76. The molecule has 0 radical (unpaired) electrons. The number of hydrogen-bond acceptors (Lipinski definition) is 5. The molecule has 1 amide bonds. The van der Waals surface area contributed by atoms with Crippen molar-refractivity contribution in [3.63, 3.8) is 0 Å². The molecule has 1 aromatic carbocycles. The van der Waals surface area contributed by atoms with Crippen LogP contribution in [0.2, 0.25) is 0 Å². The molecule has 0 spiro atoms. The smallest absolute Gasteiger partial charge is 0.275 e. The van der Waals surface area contributed by atoms with Crippen LogP contribution in [-0.2, 0) is 0 Å². The van der Waals surface area contributed by atoms with Gasteiger partial charge in [-0.05, 0) is 60.3 Å². The van der Waals surface area contributed by atoms with E-state index in [0.717, 1.165) is 36.2 Å². The summed E-state index contributed by atoms with van der Waals surface area (Å²) in [6.45, 7) is 2.28. The summed E-state index contributed by atoms with van der Waals surface area (Å²) >= 11 is 1.02. The van der Waals surface area contributed by atoms with E-state index >= 15 is 0 Å². The molecule has 4 atom stereocenters. The predicted octanol–water partition coefficient (Wildman–Crippen LogP) is 4.97. The molecule has 5 nitrogen and oxygen atoms in total. The van der Waals surface area contributed by atoms with Crippen LogP contribution in [0.4, 0.5) is 14.5 Å². The van der Waals surface area contributed by atoms with Gasteiger partial charge in [0.25, 0.3) is 5.91 Å². The average Bonchev–Trinajstić information content (AvgIpc) is 3.20. The highest BCUT2D eigenvalue weighted by atomic mass is 32.1. The van der Waals surface area contributed by atoms with Crippen molar-refractivity contribution in [1.82, 2.24) is 9.97 Å². The number of carbonyl (C=O) groups is 1. The molecule has 31 heavy (non-hydrogen) atoms. The van der Waals surface area contributed by atoms with Crippen LogP contribution >= 0.6 is 11.3 Å². The van der Waals surface area contributed by atoms with E-state index in [1.54, 1.807) is 12.4 Å². The molecule has 0 aliphatic heterocycles. The van der Waals surface area contributed by atoms with E-state index < -0.39 is 17.5 Å². The van der Waals surface area contributed by atoms with E-state index in [9.17, 15) is 13.6 Å². The molecule has 2 saturated carbocycles. The van der Waals surface area contributed by atoms with Crippen LogP contribution in [-0.4, -0.2) is 21.9 Å². The standard InChI is InChI=1S/C23H22F2N4OS/c1-23-8-12(7-17(26)14(23)9-23)13-5-6-27-10-18(13)28-21(30)19-11-31-22(29-19)20-15(24)3-2-4-16(20)25/h2-6,10-12,14,17H,7-9,26H2,1H3,(H,28,30)/t12-,14?,17+,23?/m1/s1. The number of rotatable bonds is 4. The minimum absolute atomic E-state index is 0.104. The molecule has 2 unspecified atom stereocenters. The number of nitrogens with two attached hydrogens (primary N) is 1. The van der Waals surface area contributed by atoms with Crippen LogP contribution in [0, 0.1) is 23.0 Å². The van der Waals surface area contributed by atoms with E-state index in [2.05, 4.69) is 22.2 Å². The number of pyridine rings is 1. The normalized spacial score (nSPS) is 26.9. The Morgan fingerprint density at radius 1 is 1.26 bits per heavy atom. The van der Waals surface area contributed by atoms with Gasteiger partial charge in [-0.15, -0.1) is 11.3 Å². The van der Waals surface area contributed by atoms with Crippen LogP contribution in [0.5, 0.6) is 0 Å².